The molecule has 0 unspecified atom stereocenters. The van der Waals surface area contributed by atoms with Crippen LogP contribution >= 0.6 is 0 Å². The van der Waals surface area contributed by atoms with Crippen LogP contribution in [0.1, 0.15) is 122 Å². The van der Waals surface area contributed by atoms with Crippen molar-refractivity contribution in [3.8, 4) is 5.75 Å². The fraction of sp³-hybridized carbons (Fsp3) is 0.559. The molecule has 2 aromatic carbocycles. The molecule has 0 radical (unpaired) electrons. The fourth-order valence-electron chi connectivity index (χ4n) is 4.69. The summed E-state index contributed by atoms with van der Waals surface area (Å²) in [6.07, 6.45) is 24.0. The van der Waals surface area contributed by atoms with Crippen molar-refractivity contribution < 1.29 is 9.90 Å². The summed E-state index contributed by atoms with van der Waals surface area (Å²) in [5, 5.41) is 15.8. The number of aromatic hydroxyl groups is 1. The van der Waals surface area contributed by atoms with Gasteiger partial charge in [-0.3, -0.25) is 4.79 Å². The average Bonchev–Trinajstić information content (AvgIpc) is 2.92. The Labute approximate surface area is 232 Å². The van der Waals surface area contributed by atoms with Gasteiger partial charge in [-0.2, -0.15) is 0 Å². The van der Waals surface area contributed by atoms with Gasteiger partial charge in [-0.1, -0.05) is 115 Å². The lowest BCUT2D eigenvalue weighted by Gasteiger charge is -2.09. The molecule has 0 aliphatic carbocycles. The summed E-state index contributed by atoms with van der Waals surface area (Å²) in [6.45, 7) is 5.06. The Hall–Kier alpha value is -2.75. The van der Waals surface area contributed by atoms with Gasteiger partial charge >= 0.3 is 0 Å². The molecule has 0 saturated heterocycles. The molecule has 0 fully saturated rings. The number of carbonyl (C=O) groups is 1. The Morgan fingerprint density at radius 1 is 0.658 bits per heavy atom. The zero-order valence-corrected chi connectivity index (χ0v) is 24.1. The lowest BCUT2D eigenvalue weighted by Crippen LogP contribution is -2.12. The standard InChI is InChI=1S/C34H52N2O2/c1-3-4-5-6-7-8-9-10-11-12-13-14-15-16-17-18-27-35-31-21-23-32(24-22-31)36-34(38)29(2)28-30-19-25-33(37)26-20-30/h19-26,28,35,37H,3-18,27H2,1-2H3,(H,36,38)/b29-28+. The monoisotopic (exact) mass is 520 g/mol. The third kappa shape index (κ3) is 14.9. The lowest BCUT2D eigenvalue weighted by atomic mass is 10.0. The minimum absolute atomic E-state index is 0.132. The number of hydrogen-bond donors (Lipinski definition) is 3. The van der Waals surface area contributed by atoms with Crippen LogP contribution in [-0.4, -0.2) is 17.6 Å². The van der Waals surface area contributed by atoms with Crippen LogP contribution in [0, 0.1) is 0 Å². The summed E-state index contributed by atoms with van der Waals surface area (Å²) in [6, 6.07) is 14.7. The average molecular weight is 521 g/mol. The Kier molecular flexibility index (Phi) is 16.8. The summed E-state index contributed by atoms with van der Waals surface area (Å²) in [5.74, 6) is 0.0831. The predicted molar refractivity (Wildman–Crippen MR) is 165 cm³/mol. The molecule has 0 heterocycles. The van der Waals surface area contributed by atoms with Crippen LogP contribution in [0.2, 0.25) is 0 Å². The number of rotatable bonds is 21. The zero-order valence-electron chi connectivity index (χ0n) is 24.1. The second-order valence-electron chi connectivity index (χ2n) is 10.7. The molecule has 0 saturated carbocycles. The zero-order chi connectivity index (χ0) is 27.3. The van der Waals surface area contributed by atoms with Crippen molar-refractivity contribution in [2.45, 2.75) is 117 Å². The van der Waals surface area contributed by atoms with Gasteiger partial charge in [0, 0.05) is 23.5 Å². The van der Waals surface area contributed by atoms with Gasteiger partial charge in [0.1, 0.15) is 5.75 Å². The topological polar surface area (TPSA) is 61.4 Å². The molecule has 1 amide bonds. The van der Waals surface area contributed by atoms with E-state index in [9.17, 15) is 9.90 Å². The molecule has 2 aromatic rings. The molecule has 38 heavy (non-hydrogen) atoms. The predicted octanol–water partition coefficient (Wildman–Crippen LogP) is 10.1. The second-order valence-corrected chi connectivity index (χ2v) is 10.7. The minimum Gasteiger partial charge on any atom is -0.508 e. The summed E-state index contributed by atoms with van der Waals surface area (Å²) in [7, 11) is 0. The van der Waals surface area contributed by atoms with E-state index in [1.54, 1.807) is 31.2 Å². The molecule has 0 aliphatic heterocycles. The van der Waals surface area contributed by atoms with Crippen molar-refractivity contribution >= 4 is 23.4 Å². The van der Waals surface area contributed by atoms with Gasteiger partial charge in [0.2, 0.25) is 0 Å². The Bertz CT molecular complexity index is 903. The summed E-state index contributed by atoms with van der Waals surface area (Å²) in [5.41, 5.74) is 3.35. The van der Waals surface area contributed by atoms with Crippen LogP contribution < -0.4 is 10.6 Å². The highest BCUT2D eigenvalue weighted by Crippen LogP contribution is 2.17. The first kappa shape index (κ1) is 31.5. The number of amides is 1. The van der Waals surface area contributed by atoms with Gasteiger partial charge in [0.15, 0.2) is 0 Å². The number of phenols is 1. The van der Waals surface area contributed by atoms with E-state index >= 15 is 0 Å². The van der Waals surface area contributed by atoms with Crippen LogP contribution in [-0.2, 0) is 4.79 Å². The van der Waals surface area contributed by atoms with Gasteiger partial charge in [0.05, 0.1) is 0 Å². The summed E-state index contributed by atoms with van der Waals surface area (Å²) in [4.78, 5) is 12.5. The maximum absolute atomic E-state index is 12.5. The van der Waals surface area contributed by atoms with Crippen molar-refractivity contribution in [2.75, 3.05) is 17.2 Å². The quantitative estimate of drug-likeness (QED) is 0.113. The largest absolute Gasteiger partial charge is 0.508 e. The third-order valence-corrected chi connectivity index (χ3v) is 7.14. The third-order valence-electron chi connectivity index (χ3n) is 7.14. The summed E-state index contributed by atoms with van der Waals surface area (Å²) >= 11 is 0. The number of anilines is 2. The number of unbranched alkanes of at least 4 members (excludes halogenated alkanes) is 15. The van der Waals surface area contributed by atoms with Gasteiger partial charge in [-0.25, -0.2) is 0 Å². The number of benzene rings is 2. The van der Waals surface area contributed by atoms with E-state index in [1.165, 1.54) is 103 Å². The van der Waals surface area contributed by atoms with E-state index in [0.29, 0.717) is 5.57 Å². The van der Waals surface area contributed by atoms with Crippen LogP contribution in [0.15, 0.2) is 54.1 Å². The molecule has 4 nitrogen and oxygen atoms in total. The van der Waals surface area contributed by atoms with Crippen LogP contribution in [0.5, 0.6) is 5.75 Å². The molecular weight excluding hydrogens is 468 g/mol. The van der Waals surface area contributed by atoms with Crippen molar-refractivity contribution in [1.29, 1.82) is 0 Å². The first-order chi connectivity index (χ1) is 18.6. The molecule has 4 heteroatoms. The maximum Gasteiger partial charge on any atom is 0.251 e. The van der Waals surface area contributed by atoms with Crippen molar-refractivity contribution in [3.63, 3.8) is 0 Å². The first-order valence-corrected chi connectivity index (χ1v) is 15.2. The molecule has 210 valence electrons. The fourth-order valence-corrected chi connectivity index (χ4v) is 4.69. The highest BCUT2D eigenvalue weighted by molar-refractivity contribution is 6.06. The van der Waals surface area contributed by atoms with E-state index in [2.05, 4.69) is 17.6 Å². The highest BCUT2D eigenvalue weighted by atomic mass is 16.3. The Morgan fingerprint density at radius 3 is 1.61 bits per heavy atom. The number of phenolic OH excluding ortho intramolecular Hbond substituents is 1. The molecule has 0 spiro atoms. The number of hydrogen-bond acceptors (Lipinski definition) is 3. The van der Waals surface area contributed by atoms with E-state index in [0.717, 1.165) is 23.5 Å². The smallest absolute Gasteiger partial charge is 0.251 e. The normalized spacial score (nSPS) is 11.5. The molecule has 0 bridgehead atoms. The van der Waals surface area contributed by atoms with Crippen LogP contribution in [0.25, 0.3) is 6.08 Å². The van der Waals surface area contributed by atoms with E-state index in [1.807, 2.05) is 30.3 Å². The highest BCUT2D eigenvalue weighted by Gasteiger charge is 2.05. The van der Waals surface area contributed by atoms with Gasteiger partial charge in [0.25, 0.3) is 5.91 Å². The second kappa shape index (κ2) is 20.2. The molecule has 2 rings (SSSR count). The van der Waals surface area contributed by atoms with Crippen molar-refractivity contribution in [2.24, 2.45) is 0 Å². The van der Waals surface area contributed by atoms with E-state index in [4.69, 9.17) is 0 Å². The summed E-state index contributed by atoms with van der Waals surface area (Å²) < 4.78 is 0. The van der Waals surface area contributed by atoms with E-state index < -0.39 is 0 Å². The van der Waals surface area contributed by atoms with Gasteiger partial charge in [-0.15, -0.1) is 0 Å². The molecule has 0 atom stereocenters. The molecule has 3 N–H and O–H groups in total. The van der Waals surface area contributed by atoms with E-state index in [-0.39, 0.29) is 11.7 Å². The Balaban J connectivity index is 1.45. The number of nitrogens with one attached hydrogen (secondary N) is 2. The SMILES string of the molecule is CCCCCCCCCCCCCCCCCCNc1ccc(NC(=O)/C(C)=C/c2ccc(O)cc2)cc1. The molecular formula is C34H52N2O2. The lowest BCUT2D eigenvalue weighted by molar-refractivity contribution is -0.112. The maximum atomic E-state index is 12.5. The van der Waals surface area contributed by atoms with Crippen LogP contribution in [0.3, 0.4) is 0 Å². The first-order valence-electron chi connectivity index (χ1n) is 15.2. The van der Waals surface area contributed by atoms with Crippen molar-refractivity contribution in [3.05, 3.63) is 59.7 Å². The Morgan fingerprint density at radius 2 is 1.11 bits per heavy atom. The molecule has 0 aliphatic rings. The van der Waals surface area contributed by atoms with Gasteiger partial charge < -0.3 is 15.7 Å². The molecule has 0 aromatic heterocycles. The van der Waals surface area contributed by atoms with Crippen LogP contribution in [0.4, 0.5) is 11.4 Å². The minimum atomic E-state index is -0.132. The number of carbonyl (C=O) groups excluding carboxylic acids is 1. The van der Waals surface area contributed by atoms with Gasteiger partial charge in [-0.05, 0) is 61.4 Å². The van der Waals surface area contributed by atoms with Crippen molar-refractivity contribution in [1.82, 2.24) is 0 Å².